The van der Waals surface area contributed by atoms with E-state index in [1.807, 2.05) is 24.3 Å². The lowest BCUT2D eigenvalue weighted by Crippen LogP contribution is -2.37. The lowest BCUT2D eigenvalue weighted by Gasteiger charge is -2.35. The highest BCUT2D eigenvalue weighted by atomic mass is 35.5. The van der Waals surface area contributed by atoms with Gasteiger partial charge in [-0.3, -0.25) is 0 Å². The first-order valence-corrected chi connectivity index (χ1v) is 12.5. The summed E-state index contributed by atoms with van der Waals surface area (Å²) in [4.78, 5) is 20.8. The molecule has 0 bridgehead atoms. The van der Waals surface area contributed by atoms with Crippen molar-refractivity contribution in [3.63, 3.8) is 0 Å². The summed E-state index contributed by atoms with van der Waals surface area (Å²) in [5.74, 6) is 1.42. The molecule has 186 valence electrons. The number of carbonyl (C=O) groups excluding carboxylic acids is 1. The minimum atomic E-state index is -0.438. The molecular formula is C26H32ClN5O3. The minimum absolute atomic E-state index is 0.226. The molecule has 2 aliphatic rings. The second-order valence-corrected chi connectivity index (χ2v) is 10.1. The molecule has 0 atom stereocenters. The molecule has 2 aromatic heterocycles. The maximum atomic E-state index is 11.6. The van der Waals surface area contributed by atoms with Crippen LogP contribution in [0.25, 0.3) is 11.3 Å². The van der Waals surface area contributed by atoms with Gasteiger partial charge in [0.15, 0.2) is 0 Å². The number of pyridine rings is 2. The highest BCUT2D eigenvalue weighted by Gasteiger charge is 2.35. The number of carbonyl (C=O) groups is 1. The van der Waals surface area contributed by atoms with E-state index < -0.39 is 5.41 Å². The Morgan fingerprint density at radius 3 is 2.71 bits per heavy atom. The summed E-state index contributed by atoms with van der Waals surface area (Å²) in [7, 11) is 1.64. The van der Waals surface area contributed by atoms with Crippen LogP contribution in [0.3, 0.4) is 0 Å². The number of aldehydes is 1. The fourth-order valence-electron chi connectivity index (χ4n) is 4.88. The van der Waals surface area contributed by atoms with E-state index in [0.717, 1.165) is 49.0 Å². The summed E-state index contributed by atoms with van der Waals surface area (Å²) in [6.07, 6.45) is 7.41. The largest absolute Gasteiger partial charge is 0.384 e. The van der Waals surface area contributed by atoms with Crippen molar-refractivity contribution in [1.82, 2.24) is 9.97 Å². The number of nitrogens with zero attached hydrogens (tertiary/aromatic N) is 3. The molecule has 9 heteroatoms. The number of methoxy groups -OCH3 is 1. The van der Waals surface area contributed by atoms with E-state index in [9.17, 15) is 10.1 Å². The van der Waals surface area contributed by atoms with Gasteiger partial charge >= 0.3 is 0 Å². The van der Waals surface area contributed by atoms with E-state index in [4.69, 9.17) is 26.1 Å². The molecule has 1 aliphatic heterocycles. The van der Waals surface area contributed by atoms with Gasteiger partial charge in [-0.15, -0.1) is 0 Å². The van der Waals surface area contributed by atoms with Crippen molar-refractivity contribution in [1.29, 1.82) is 5.26 Å². The molecule has 0 aromatic carbocycles. The Hall–Kier alpha value is -2.73. The summed E-state index contributed by atoms with van der Waals surface area (Å²) in [6.45, 7) is 2.20. The van der Waals surface area contributed by atoms with Gasteiger partial charge in [-0.05, 0) is 56.7 Å². The Morgan fingerprint density at radius 1 is 1.26 bits per heavy atom. The zero-order valence-corrected chi connectivity index (χ0v) is 20.8. The number of ether oxygens (including phenoxy) is 2. The predicted molar refractivity (Wildman–Crippen MR) is 135 cm³/mol. The third-order valence-corrected chi connectivity index (χ3v) is 7.49. The Bertz CT molecular complexity index is 1060. The van der Waals surface area contributed by atoms with Crippen molar-refractivity contribution in [2.75, 3.05) is 44.1 Å². The van der Waals surface area contributed by atoms with E-state index in [1.54, 1.807) is 13.3 Å². The molecule has 1 aliphatic carbocycles. The van der Waals surface area contributed by atoms with Crippen molar-refractivity contribution >= 4 is 29.5 Å². The first-order chi connectivity index (χ1) is 17.0. The number of aromatic nitrogens is 2. The molecule has 4 rings (SSSR count). The maximum absolute atomic E-state index is 11.6. The lowest BCUT2D eigenvalue weighted by molar-refractivity contribution is -0.121. The third kappa shape index (κ3) is 6.10. The van der Waals surface area contributed by atoms with Crippen LogP contribution >= 0.6 is 11.6 Å². The number of anilines is 2. The van der Waals surface area contributed by atoms with Crippen molar-refractivity contribution in [3.8, 4) is 17.3 Å². The average Bonchev–Trinajstić information content (AvgIpc) is 2.90. The highest BCUT2D eigenvalue weighted by molar-refractivity contribution is 6.33. The average molecular weight is 498 g/mol. The normalized spacial score (nSPS) is 23.7. The van der Waals surface area contributed by atoms with Crippen molar-refractivity contribution in [2.45, 2.75) is 44.6 Å². The van der Waals surface area contributed by atoms with Crippen LogP contribution < -0.4 is 10.6 Å². The molecule has 35 heavy (non-hydrogen) atoms. The summed E-state index contributed by atoms with van der Waals surface area (Å²) in [6, 6.07) is 10.3. The number of nitriles is 1. The first-order valence-electron chi connectivity index (χ1n) is 12.1. The number of halogens is 1. The quantitative estimate of drug-likeness (QED) is 0.479. The second kappa shape index (κ2) is 11.3. The summed E-state index contributed by atoms with van der Waals surface area (Å²) in [5, 5.41) is 17.1. The van der Waals surface area contributed by atoms with Gasteiger partial charge < -0.3 is 24.9 Å². The van der Waals surface area contributed by atoms with E-state index in [0.29, 0.717) is 50.0 Å². The molecule has 2 N–H and O–H groups in total. The Morgan fingerprint density at radius 2 is 2.03 bits per heavy atom. The lowest BCUT2D eigenvalue weighted by atomic mass is 9.74. The van der Waals surface area contributed by atoms with Crippen LogP contribution in [0.5, 0.6) is 0 Å². The van der Waals surface area contributed by atoms with E-state index in [2.05, 4.69) is 21.7 Å². The monoisotopic (exact) mass is 497 g/mol. The van der Waals surface area contributed by atoms with Crippen LogP contribution in [0.1, 0.15) is 38.5 Å². The molecule has 0 amide bonds. The van der Waals surface area contributed by atoms with Gasteiger partial charge in [0.05, 0.1) is 28.8 Å². The number of hydrogen-bond acceptors (Lipinski definition) is 8. The van der Waals surface area contributed by atoms with Crippen molar-refractivity contribution in [2.24, 2.45) is 10.8 Å². The van der Waals surface area contributed by atoms with Crippen LogP contribution in [-0.4, -0.2) is 55.8 Å². The molecule has 2 fully saturated rings. The van der Waals surface area contributed by atoms with Crippen molar-refractivity contribution < 1.29 is 14.3 Å². The van der Waals surface area contributed by atoms with Gasteiger partial charge in [-0.1, -0.05) is 17.7 Å². The van der Waals surface area contributed by atoms with Crippen LogP contribution in [-0.2, 0) is 14.3 Å². The molecule has 3 heterocycles. The van der Waals surface area contributed by atoms with Gasteiger partial charge in [0.1, 0.15) is 17.9 Å². The van der Waals surface area contributed by atoms with E-state index in [1.165, 1.54) is 0 Å². The molecular weight excluding hydrogens is 466 g/mol. The molecule has 1 saturated carbocycles. The Labute approximate surface area is 211 Å². The SMILES string of the molecule is COCC1(C=O)CCC(Nc2cc(-c3cccc(NCC4(C#N)CCOCC4)n3)c(Cl)cn2)CC1. The first kappa shape index (κ1) is 25.4. The standard InChI is InChI=1S/C26H32ClN5O3/c1-34-18-26(17-33)7-5-19(6-8-26)31-24-13-20(21(27)14-29-24)22-3-2-4-23(32-22)30-16-25(15-28)9-11-35-12-10-25/h2-4,13-14,17,19H,5-12,16,18H2,1H3,(H,29,31)(H,30,32). The summed E-state index contributed by atoms with van der Waals surface area (Å²) in [5.41, 5.74) is 0.697. The Balaban J connectivity index is 1.43. The van der Waals surface area contributed by atoms with Crippen LogP contribution in [0, 0.1) is 22.2 Å². The molecule has 1 saturated heterocycles. The second-order valence-electron chi connectivity index (χ2n) is 9.65. The zero-order valence-electron chi connectivity index (χ0n) is 20.1. The fraction of sp³-hybridized carbons (Fsp3) is 0.538. The number of rotatable bonds is 9. The topological polar surface area (TPSA) is 109 Å². The third-order valence-electron chi connectivity index (χ3n) is 7.19. The van der Waals surface area contributed by atoms with Crippen LogP contribution in [0.4, 0.5) is 11.6 Å². The number of nitrogens with one attached hydrogen (secondary N) is 2. The maximum Gasteiger partial charge on any atom is 0.128 e. The molecule has 0 unspecified atom stereocenters. The van der Waals surface area contributed by atoms with Gasteiger partial charge in [0.2, 0.25) is 0 Å². The van der Waals surface area contributed by atoms with Gasteiger partial charge in [-0.2, -0.15) is 5.26 Å². The van der Waals surface area contributed by atoms with Gasteiger partial charge in [0, 0.05) is 50.1 Å². The van der Waals surface area contributed by atoms with Crippen LogP contribution in [0.2, 0.25) is 5.02 Å². The molecule has 2 aromatic rings. The van der Waals surface area contributed by atoms with Crippen LogP contribution in [0.15, 0.2) is 30.5 Å². The fourth-order valence-corrected chi connectivity index (χ4v) is 5.08. The van der Waals surface area contributed by atoms with Crippen molar-refractivity contribution in [3.05, 3.63) is 35.5 Å². The molecule has 0 spiro atoms. The molecule has 8 nitrogen and oxygen atoms in total. The zero-order chi connectivity index (χ0) is 24.7. The van der Waals surface area contributed by atoms with Gasteiger partial charge in [0.25, 0.3) is 0 Å². The molecule has 0 radical (unpaired) electrons. The smallest absolute Gasteiger partial charge is 0.128 e. The van der Waals surface area contributed by atoms with E-state index in [-0.39, 0.29) is 11.5 Å². The Kier molecular flexibility index (Phi) is 8.22. The highest BCUT2D eigenvalue weighted by Crippen LogP contribution is 2.37. The predicted octanol–water partition coefficient (Wildman–Crippen LogP) is 4.72. The van der Waals surface area contributed by atoms with E-state index >= 15 is 0 Å². The summed E-state index contributed by atoms with van der Waals surface area (Å²) >= 11 is 6.50. The minimum Gasteiger partial charge on any atom is -0.384 e. The number of hydrogen-bond donors (Lipinski definition) is 2. The summed E-state index contributed by atoms with van der Waals surface area (Å²) < 4.78 is 10.7. The van der Waals surface area contributed by atoms with Gasteiger partial charge in [-0.25, -0.2) is 9.97 Å².